The lowest BCUT2D eigenvalue weighted by Gasteiger charge is -2.13. The van der Waals surface area contributed by atoms with E-state index in [1.54, 1.807) is 13.8 Å². The molecule has 1 amide bonds. The number of aliphatic carboxylic acids is 1. The van der Waals surface area contributed by atoms with E-state index in [2.05, 4.69) is 0 Å². The molecule has 0 N–H and O–H groups in total. The number of amides is 1. The molecule has 0 radical (unpaired) electrons. The summed E-state index contributed by atoms with van der Waals surface area (Å²) < 4.78 is 4.82. The second kappa shape index (κ2) is 4.99. The molecular weight excluding hydrogens is 226 g/mol. The van der Waals surface area contributed by atoms with Gasteiger partial charge in [0.1, 0.15) is 0 Å². The molecule has 0 unspecified atom stereocenters. The van der Waals surface area contributed by atoms with Gasteiger partial charge in [-0.1, -0.05) is 0 Å². The van der Waals surface area contributed by atoms with Crippen LogP contribution in [0, 0.1) is 5.92 Å². The van der Waals surface area contributed by atoms with Crippen molar-refractivity contribution in [3.63, 3.8) is 0 Å². The summed E-state index contributed by atoms with van der Waals surface area (Å²) in [6, 6.07) is 0. The van der Waals surface area contributed by atoms with E-state index in [0.29, 0.717) is 5.70 Å². The van der Waals surface area contributed by atoms with Crippen LogP contribution in [0.25, 0.3) is 0 Å². The first-order chi connectivity index (χ1) is 7.90. The molecule has 94 valence electrons. The number of allylic oxidation sites excluding steroid dienone is 1. The number of esters is 1. The van der Waals surface area contributed by atoms with E-state index in [-0.39, 0.29) is 12.2 Å². The average molecular weight is 240 g/mol. The minimum Gasteiger partial charge on any atom is -0.550 e. The molecule has 0 fully saturated rings. The summed E-state index contributed by atoms with van der Waals surface area (Å²) in [7, 11) is 1.49. The fourth-order valence-corrected chi connectivity index (χ4v) is 1.81. The first-order valence-corrected chi connectivity index (χ1v) is 5.25. The lowest BCUT2D eigenvalue weighted by Crippen LogP contribution is -2.32. The summed E-state index contributed by atoms with van der Waals surface area (Å²) in [6.45, 7) is 3.40. The third kappa shape index (κ3) is 2.46. The highest BCUT2D eigenvalue weighted by atomic mass is 16.5. The molecule has 1 heterocycles. The van der Waals surface area contributed by atoms with Crippen molar-refractivity contribution in [2.45, 2.75) is 20.3 Å². The zero-order valence-electron chi connectivity index (χ0n) is 9.98. The fraction of sp³-hybridized carbons (Fsp3) is 0.545. The van der Waals surface area contributed by atoms with Crippen molar-refractivity contribution >= 4 is 17.8 Å². The maximum absolute atomic E-state index is 11.8. The zero-order valence-corrected chi connectivity index (χ0v) is 9.98. The lowest BCUT2D eigenvalue weighted by molar-refractivity contribution is -0.306. The highest BCUT2D eigenvalue weighted by molar-refractivity contribution is 6.03. The average Bonchev–Trinajstić information content (AvgIpc) is 2.43. The van der Waals surface area contributed by atoms with Crippen LogP contribution in [-0.2, 0) is 19.1 Å². The Kier molecular flexibility index (Phi) is 3.88. The molecule has 1 aliphatic rings. The Labute approximate surface area is 98.8 Å². The van der Waals surface area contributed by atoms with Crippen molar-refractivity contribution in [1.82, 2.24) is 4.90 Å². The number of hydrogen-bond acceptors (Lipinski definition) is 5. The fourth-order valence-electron chi connectivity index (χ4n) is 1.81. The Balaban J connectivity index is 3.05. The van der Waals surface area contributed by atoms with Crippen molar-refractivity contribution in [2.24, 2.45) is 5.92 Å². The first kappa shape index (κ1) is 13.2. The number of nitrogens with zero attached hydrogens (tertiary/aromatic N) is 1. The largest absolute Gasteiger partial charge is 0.550 e. The zero-order chi connectivity index (χ0) is 13.2. The number of carboxylic acid groups (broad SMARTS) is 1. The Morgan fingerprint density at radius 3 is 2.53 bits per heavy atom. The summed E-state index contributed by atoms with van der Waals surface area (Å²) >= 11 is 0. The van der Waals surface area contributed by atoms with E-state index in [1.165, 1.54) is 11.9 Å². The number of ether oxygens (including phenoxy) is 1. The molecule has 0 bridgehead atoms. The van der Waals surface area contributed by atoms with Crippen LogP contribution in [0.1, 0.15) is 20.3 Å². The third-order valence-electron chi connectivity index (χ3n) is 2.74. The molecule has 0 aromatic carbocycles. The van der Waals surface area contributed by atoms with Gasteiger partial charge in [-0.15, -0.1) is 0 Å². The van der Waals surface area contributed by atoms with Crippen LogP contribution >= 0.6 is 0 Å². The van der Waals surface area contributed by atoms with E-state index >= 15 is 0 Å². The number of rotatable bonds is 4. The highest BCUT2D eigenvalue weighted by Gasteiger charge is 2.39. The van der Waals surface area contributed by atoms with Gasteiger partial charge < -0.3 is 19.5 Å². The predicted molar refractivity (Wildman–Crippen MR) is 55.2 cm³/mol. The Morgan fingerprint density at radius 2 is 2.06 bits per heavy atom. The molecule has 6 heteroatoms. The van der Waals surface area contributed by atoms with Crippen molar-refractivity contribution < 1.29 is 24.2 Å². The van der Waals surface area contributed by atoms with Crippen LogP contribution in [0.4, 0.5) is 0 Å². The Bertz CT molecular complexity index is 399. The van der Waals surface area contributed by atoms with E-state index < -0.39 is 30.2 Å². The summed E-state index contributed by atoms with van der Waals surface area (Å²) in [5.74, 6) is -3.43. The SMILES string of the molecule is CCOC(=O)C1=C(C)N(C)C(=O)[C@H]1CC(=O)[O-]. The molecule has 0 saturated heterocycles. The Morgan fingerprint density at radius 1 is 1.47 bits per heavy atom. The molecule has 0 aromatic rings. The van der Waals surface area contributed by atoms with Gasteiger partial charge in [-0.25, -0.2) is 4.79 Å². The van der Waals surface area contributed by atoms with Crippen LogP contribution in [0.2, 0.25) is 0 Å². The van der Waals surface area contributed by atoms with Crippen LogP contribution < -0.4 is 5.11 Å². The minimum atomic E-state index is -1.37. The first-order valence-electron chi connectivity index (χ1n) is 5.25. The maximum atomic E-state index is 11.8. The molecule has 0 saturated carbocycles. The number of carbonyl (C=O) groups is 3. The van der Waals surface area contributed by atoms with Gasteiger partial charge in [-0.2, -0.15) is 0 Å². The number of carbonyl (C=O) groups excluding carboxylic acids is 3. The molecule has 6 nitrogen and oxygen atoms in total. The summed E-state index contributed by atoms with van der Waals surface area (Å²) in [5, 5.41) is 10.6. The summed E-state index contributed by atoms with van der Waals surface area (Å²) in [6.07, 6.45) is -0.505. The topological polar surface area (TPSA) is 86.7 Å². The van der Waals surface area contributed by atoms with Crippen LogP contribution in [0.3, 0.4) is 0 Å². The molecule has 0 aromatic heterocycles. The quantitative estimate of drug-likeness (QED) is 0.591. The third-order valence-corrected chi connectivity index (χ3v) is 2.74. The van der Waals surface area contributed by atoms with Crippen molar-refractivity contribution in [2.75, 3.05) is 13.7 Å². The molecule has 0 aliphatic carbocycles. The monoisotopic (exact) mass is 240 g/mol. The van der Waals surface area contributed by atoms with E-state index in [1.807, 2.05) is 0 Å². The predicted octanol–water partition coefficient (Wildman–Crippen LogP) is -0.948. The molecule has 1 atom stereocenters. The van der Waals surface area contributed by atoms with Gasteiger partial charge in [0.25, 0.3) is 0 Å². The van der Waals surface area contributed by atoms with Gasteiger partial charge in [0, 0.05) is 25.1 Å². The van der Waals surface area contributed by atoms with Crippen LogP contribution in [0.15, 0.2) is 11.3 Å². The highest BCUT2D eigenvalue weighted by Crippen LogP contribution is 2.31. The van der Waals surface area contributed by atoms with E-state index in [4.69, 9.17) is 4.74 Å². The van der Waals surface area contributed by atoms with E-state index in [9.17, 15) is 19.5 Å². The smallest absolute Gasteiger partial charge is 0.336 e. The number of hydrogen-bond donors (Lipinski definition) is 0. The molecule has 1 aliphatic heterocycles. The molecule has 1 rings (SSSR count). The van der Waals surface area contributed by atoms with Crippen molar-refractivity contribution in [3.8, 4) is 0 Å². The summed E-state index contributed by atoms with van der Waals surface area (Å²) in [4.78, 5) is 35.3. The normalized spacial score (nSPS) is 19.8. The minimum absolute atomic E-state index is 0.114. The standard InChI is InChI=1S/C11H15NO5/c1-4-17-11(16)9-6(2)12(3)10(15)7(9)5-8(13)14/h7H,4-5H2,1-3H3,(H,13,14)/p-1/t7-/m0/s1. The van der Waals surface area contributed by atoms with Crippen LogP contribution in [-0.4, -0.2) is 36.4 Å². The molecule has 0 spiro atoms. The van der Waals surface area contributed by atoms with E-state index in [0.717, 1.165) is 0 Å². The maximum Gasteiger partial charge on any atom is 0.336 e. The Hall–Kier alpha value is -1.85. The van der Waals surface area contributed by atoms with Gasteiger partial charge in [0.15, 0.2) is 0 Å². The van der Waals surface area contributed by atoms with Gasteiger partial charge in [-0.3, -0.25) is 4.79 Å². The van der Waals surface area contributed by atoms with Crippen molar-refractivity contribution in [1.29, 1.82) is 0 Å². The lowest BCUT2D eigenvalue weighted by atomic mass is 9.97. The van der Waals surface area contributed by atoms with Crippen molar-refractivity contribution in [3.05, 3.63) is 11.3 Å². The van der Waals surface area contributed by atoms with Crippen LogP contribution in [0.5, 0.6) is 0 Å². The van der Waals surface area contributed by atoms with Gasteiger partial charge in [0.2, 0.25) is 5.91 Å². The summed E-state index contributed by atoms with van der Waals surface area (Å²) in [5.41, 5.74) is 0.545. The van der Waals surface area contributed by atoms with Gasteiger partial charge in [-0.05, 0) is 13.8 Å². The second-order valence-corrected chi connectivity index (χ2v) is 3.75. The number of carboxylic acids is 1. The van der Waals surface area contributed by atoms with Gasteiger partial charge >= 0.3 is 5.97 Å². The molecular formula is C11H14NO5-. The second-order valence-electron chi connectivity index (χ2n) is 3.75. The van der Waals surface area contributed by atoms with Gasteiger partial charge in [0.05, 0.1) is 18.1 Å². The molecule has 17 heavy (non-hydrogen) atoms.